The van der Waals surface area contributed by atoms with Gasteiger partial charge in [0.05, 0.1) is 6.54 Å². The molecule has 0 spiro atoms. The van der Waals surface area contributed by atoms with E-state index in [9.17, 15) is 14.4 Å². The predicted molar refractivity (Wildman–Crippen MR) is 69.2 cm³/mol. The normalized spacial score (nSPS) is 19.2. The van der Waals surface area contributed by atoms with Gasteiger partial charge in [-0.2, -0.15) is 0 Å². The summed E-state index contributed by atoms with van der Waals surface area (Å²) in [4.78, 5) is 38.3. The second-order valence-corrected chi connectivity index (χ2v) is 5.11. The zero-order valence-corrected chi connectivity index (χ0v) is 11.4. The van der Waals surface area contributed by atoms with E-state index in [2.05, 4.69) is 5.32 Å². The molecule has 2 aliphatic rings. The number of nitrogens with zero attached hydrogens (tertiary/aromatic N) is 2. The zero-order chi connectivity index (χ0) is 13.8. The minimum absolute atomic E-state index is 0.00635. The van der Waals surface area contributed by atoms with E-state index in [-0.39, 0.29) is 30.2 Å². The van der Waals surface area contributed by atoms with Gasteiger partial charge in [0, 0.05) is 38.5 Å². The van der Waals surface area contributed by atoms with Crippen LogP contribution in [0.1, 0.15) is 26.2 Å². The Morgan fingerprint density at radius 1 is 1.00 bits per heavy atom. The molecule has 1 aliphatic carbocycles. The van der Waals surface area contributed by atoms with Crippen molar-refractivity contribution in [3.63, 3.8) is 0 Å². The molecule has 1 heterocycles. The lowest BCUT2D eigenvalue weighted by molar-refractivity contribution is -0.139. The van der Waals surface area contributed by atoms with Crippen molar-refractivity contribution in [2.45, 2.75) is 26.2 Å². The molecule has 1 saturated heterocycles. The van der Waals surface area contributed by atoms with Crippen LogP contribution in [0.15, 0.2) is 0 Å². The quantitative estimate of drug-likeness (QED) is 0.753. The van der Waals surface area contributed by atoms with Crippen LogP contribution in [0.25, 0.3) is 0 Å². The average molecular weight is 267 g/mol. The summed E-state index contributed by atoms with van der Waals surface area (Å²) in [6, 6.07) is 0. The fourth-order valence-electron chi connectivity index (χ4n) is 2.19. The van der Waals surface area contributed by atoms with Crippen LogP contribution in [-0.4, -0.2) is 60.2 Å². The smallest absolute Gasteiger partial charge is 0.242 e. The Balaban J connectivity index is 1.69. The predicted octanol–water partition coefficient (Wildman–Crippen LogP) is -0.407. The highest BCUT2D eigenvalue weighted by atomic mass is 16.2. The van der Waals surface area contributed by atoms with Crippen molar-refractivity contribution >= 4 is 17.7 Å². The van der Waals surface area contributed by atoms with E-state index in [4.69, 9.17) is 0 Å². The van der Waals surface area contributed by atoms with Gasteiger partial charge in [-0.25, -0.2) is 0 Å². The van der Waals surface area contributed by atoms with E-state index in [1.165, 1.54) is 0 Å². The van der Waals surface area contributed by atoms with Crippen molar-refractivity contribution < 1.29 is 14.4 Å². The lowest BCUT2D eigenvalue weighted by Gasteiger charge is -2.34. The van der Waals surface area contributed by atoms with Crippen molar-refractivity contribution in [2.75, 3.05) is 32.7 Å². The van der Waals surface area contributed by atoms with Gasteiger partial charge < -0.3 is 15.1 Å². The molecule has 1 aliphatic heterocycles. The third-order valence-electron chi connectivity index (χ3n) is 3.65. The molecule has 6 heteroatoms. The Hall–Kier alpha value is -1.59. The molecule has 0 aromatic carbocycles. The standard InChI is InChI=1S/C13H21N3O3/c1-2-11(17)15-5-7-16(8-6-15)12(18)9-14-13(19)10-3-4-10/h10H,2-9H2,1H3,(H,14,19). The maximum atomic E-state index is 11.9. The van der Waals surface area contributed by atoms with Crippen LogP contribution in [0, 0.1) is 5.92 Å². The Morgan fingerprint density at radius 2 is 1.53 bits per heavy atom. The first-order chi connectivity index (χ1) is 9.11. The van der Waals surface area contributed by atoms with E-state index in [0.29, 0.717) is 32.6 Å². The highest BCUT2D eigenvalue weighted by Crippen LogP contribution is 2.28. The second kappa shape index (κ2) is 6.04. The summed E-state index contributed by atoms with van der Waals surface area (Å²) in [5.41, 5.74) is 0. The van der Waals surface area contributed by atoms with Crippen molar-refractivity contribution in [3.05, 3.63) is 0 Å². The molecule has 3 amide bonds. The van der Waals surface area contributed by atoms with E-state index in [1.807, 2.05) is 6.92 Å². The monoisotopic (exact) mass is 267 g/mol. The molecule has 6 nitrogen and oxygen atoms in total. The van der Waals surface area contributed by atoms with Crippen LogP contribution in [0.5, 0.6) is 0 Å². The number of carbonyl (C=O) groups excluding carboxylic acids is 3. The Labute approximate surface area is 113 Å². The summed E-state index contributed by atoms with van der Waals surface area (Å²) in [5, 5.41) is 2.68. The first kappa shape index (κ1) is 13.8. The van der Waals surface area contributed by atoms with Gasteiger partial charge in [0.2, 0.25) is 17.7 Å². The number of carbonyl (C=O) groups is 3. The highest BCUT2D eigenvalue weighted by molar-refractivity contribution is 5.87. The molecular weight excluding hydrogens is 246 g/mol. The van der Waals surface area contributed by atoms with Gasteiger partial charge in [-0.1, -0.05) is 6.92 Å². The summed E-state index contributed by atoms with van der Waals surface area (Å²) in [6.07, 6.45) is 2.39. The molecule has 1 N–H and O–H groups in total. The highest BCUT2D eigenvalue weighted by Gasteiger charge is 2.30. The van der Waals surface area contributed by atoms with E-state index >= 15 is 0 Å². The minimum atomic E-state index is -0.0578. The Bertz CT molecular complexity index is 371. The summed E-state index contributed by atoms with van der Waals surface area (Å²) in [5.74, 6) is 0.201. The largest absolute Gasteiger partial charge is 0.347 e. The number of piperazine rings is 1. The Kier molecular flexibility index (Phi) is 4.39. The lowest BCUT2D eigenvalue weighted by atomic mass is 10.2. The molecule has 2 rings (SSSR count). The van der Waals surface area contributed by atoms with Crippen LogP contribution in [0.2, 0.25) is 0 Å². The van der Waals surface area contributed by atoms with Crippen molar-refractivity contribution in [1.82, 2.24) is 15.1 Å². The van der Waals surface area contributed by atoms with Crippen LogP contribution in [-0.2, 0) is 14.4 Å². The first-order valence-electron chi connectivity index (χ1n) is 6.95. The van der Waals surface area contributed by atoms with Crippen molar-refractivity contribution in [2.24, 2.45) is 5.92 Å². The van der Waals surface area contributed by atoms with Gasteiger partial charge in [-0.3, -0.25) is 14.4 Å². The summed E-state index contributed by atoms with van der Waals surface area (Å²) < 4.78 is 0. The fourth-order valence-corrected chi connectivity index (χ4v) is 2.19. The van der Waals surface area contributed by atoms with Crippen LogP contribution >= 0.6 is 0 Å². The molecule has 0 aromatic heterocycles. The summed E-state index contributed by atoms with van der Waals surface area (Å²) in [6.45, 7) is 4.22. The molecule has 0 aromatic rings. The van der Waals surface area contributed by atoms with Crippen molar-refractivity contribution in [1.29, 1.82) is 0 Å². The number of rotatable bonds is 4. The van der Waals surface area contributed by atoms with E-state index in [0.717, 1.165) is 12.8 Å². The first-order valence-corrected chi connectivity index (χ1v) is 6.95. The summed E-state index contributed by atoms with van der Waals surface area (Å²) >= 11 is 0. The molecule has 0 radical (unpaired) electrons. The topological polar surface area (TPSA) is 69.7 Å². The van der Waals surface area contributed by atoms with Crippen molar-refractivity contribution in [3.8, 4) is 0 Å². The fraction of sp³-hybridized carbons (Fsp3) is 0.769. The number of amides is 3. The summed E-state index contributed by atoms with van der Waals surface area (Å²) in [7, 11) is 0. The molecule has 1 saturated carbocycles. The molecule has 106 valence electrons. The van der Waals surface area contributed by atoms with Gasteiger partial charge in [0.15, 0.2) is 0 Å². The zero-order valence-electron chi connectivity index (χ0n) is 11.4. The number of nitrogens with one attached hydrogen (secondary N) is 1. The minimum Gasteiger partial charge on any atom is -0.347 e. The van der Waals surface area contributed by atoms with Gasteiger partial charge >= 0.3 is 0 Å². The van der Waals surface area contributed by atoms with Gasteiger partial charge in [0.25, 0.3) is 0 Å². The maximum Gasteiger partial charge on any atom is 0.242 e. The molecule has 0 unspecified atom stereocenters. The Morgan fingerprint density at radius 3 is 2.00 bits per heavy atom. The van der Waals surface area contributed by atoms with Crippen LogP contribution in [0.4, 0.5) is 0 Å². The van der Waals surface area contributed by atoms with Gasteiger partial charge in [0.1, 0.15) is 0 Å². The molecule has 0 atom stereocenters. The third kappa shape index (κ3) is 3.68. The maximum absolute atomic E-state index is 11.9. The SMILES string of the molecule is CCC(=O)N1CCN(C(=O)CNC(=O)C2CC2)CC1. The molecule has 2 fully saturated rings. The molecular formula is C13H21N3O3. The lowest BCUT2D eigenvalue weighted by Crippen LogP contribution is -2.52. The average Bonchev–Trinajstić information content (AvgIpc) is 3.28. The third-order valence-corrected chi connectivity index (χ3v) is 3.65. The van der Waals surface area contributed by atoms with E-state index in [1.54, 1.807) is 9.80 Å². The van der Waals surface area contributed by atoms with Crippen LogP contribution in [0.3, 0.4) is 0 Å². The number of hydrogen-bond acceptors (Lipinski definition) is 3. The molecule has 0 bridgehead atoms. The number of hydrogen-bond donors (Lipinski definition) is 1. The van der Waals surface area contributed by atoms with Crippen LogP contribution < -0.4 is 5.32 Å². The molecule has 19 heavy (non-hydrogen) atoms. The van der Waals surface area contributed by atoms with Gasteiger partial charge in [-0.15, -0.1) is 0 Å². The second-order valence-electron chi connectivity index (χ2n) is 5.11. The van der Waals surface area contributed by atoms with E-state index < -0.39 is 0 Å². The van der Waals surface area contributed by atoms with Gasteiger partial charge in [-0.05, 0) is 12.8 Å².